The van der Waals surface area contributed by atoms with E-state index in [9.17, 15) is 9.18 Å². The van der Waals surface area contributed by atoms with E-state index in [1.54, 1.807) is 6.07 Å². The van der Waals surface area contributed by atoms with Gasteiger partial charge in [-0.15, -0.1) is 0 Å². The molecule has 0 bridgehead atoms. The van der Waals surface area contributed by atoms with Crippen LogP contribution in [0.4, 0.5) is 20.6 Å². The first-order valence-electron chi connectivity index (χ1n) is 6.17. The Morgan fingerprint density at radius 2 is 1.71 bits per heavy atom. The first kappa shape index (κ1) is 15.6. The Balaban J connectivity index is 2.20. The third-order valence-corrected chi connectivity index (χ3v) is 3.48. The van der Waals surface area contributed by atoms with Crippen molar-refractivity contribution in [2.75, 3.05) is 10.6 Å². The molecular weight excluding hydrogens is 314 g/mol. The Labute approximate surface area is 132 Å². The molecule has 0 heterocycles. The number of hydrogen-bond donors (Lipinski definition) is 2. The van der Waals surface area contributed by atoms with Gasteiger partial charge in [0.15, 0.2) is 0 Å². The lowest BCUT2D eigenvalue weighted by molar-refractivity contribution is 0.262. The zero-order chi connectivity index (χ0) is 15.6. The Morgan fingerprint density at radius 3 is 2.33 bits per heavy atom. The van der Waals surface area contributed by atoms with Gasteiger partial charge in [0.1, 0.15) is 5.82 Å². The summed E-state index contributed by atoms with van der Waals surface area (Å²) < 4.78 is 13.6. The quantitative estimate of drug-likeness (QED) is 0.762. The van der Waals surface area contributed by atoms with Crippen molar-refractivity contribution in [3.8, 4) is 0 Å². The van der Waals surface area contributed by atoms with Crippen LogP contribution in [0.3, 0.4) is 0 Å². The van der Waals surface area contributed by atoms with Crippen molar-refractivity contribution in [1.29, 1.82) is 0 Å². The fourth-order valence-corrected chi connectivity index (χ4v) is 2.53. The minimum absolute atomic E-state index is 0.0717. The van der Waals surface area contributed by atoms with Crippen LogP contribution in [0.1, 0.15) is 11.1 Å². The van der Waals surface area contributed by atoms with E-state index in [0.29, 0.717) is 10.7 Å². The molecule has 0 aliphatic heterocycles. The highest BCUT2D eigenvalue weighted by Crippen LogP contribution is 2.28. The summed E-state index contributed by atoms with van der Waals surface area (Å²) in [5.74, 6) is -0.607. The summed E-state index contributed by atoms with van der Waals surface area (Å²) in [5.41, 5.74) is 2.21. The van der Waals surface area contributed by atoms with Gasteiger partial charge in [-0.25, -0.2) is 9.18 Å². The van der Waals surface area contributed by atoms with Gasteiger partial charge in [0.05, 0.1) is 21.4 Å². The smallest absolute Gasteiger partial charge is 0.306 e. The predicted octanol–water partition coefficient (Wildman–Crippen LogP) is 5.39. The van der Waals surface area contributed by atoms with Crippen LogP contribution in [-0.2, 0) is 0 Å². The normalized spacial score (nSPS) is 10.3. The number of rotatable bonds is 2. The summed E-state index contributed by atoms with van der Waals surface area (Å²) in [6.07, 6.45) is 0. The maximum absolute atomic E-state index is 13.6. The minimum atomic E-state index is -0.615. The third kappa shape index (κ3) is 3.65. The number of aryl methyl sites for hydroxylation is 2. The second-order valence-electron chi connectivity index (χ2n) is 4.61. The van der Waals surface area contributed by atoms with E-state index >= 15 is 0 Å². The molecule has 0 aliphatic carbocycles. The number of amides is 2. The molecule has 0 fully saturated rings. The van der Waals surface area contributed by atoms with Gasteiger partial charge in [0.2, 0.25) is 0 Å². The molecule has 0 saturated heterocycles. The molecule has 0 spiro atoms. The third-order valence-electron chi connectivity index (χ3n) is 2.87. The number of urea groups is 1. The highest BCUT2D eigenvalue weighted by atomic mass is 35.5. The van der Waals surface area contributed by atoms with E-state index in [1.807, 2.05) is 19.9 Å². The standard InChI is InChI=1S/C15H13Cl2FN2O/c1-8-6-9(2)13(11(17)7-8)19-15(21)20-14-10(16)4-3-5-12(14)18/h3-7H,1-2H3,(H2,19,20,21). The number of halogens is 3. The van der Waals surface area contributed by atoms with Crippen LogP contribution in [0.15, 0.2) is 30.3 Å². The Morgan fingerprint density at radius 1 is 1.05 bits per heavy atom. The van der Waals surface area contributed by atoms with Crippen LogP contribution in [0.5, 0.6) is 0 Å². The number of nitrogens with one attached hydrogen (secondary N) is 2. The van der Waals surface area contributed by atoms with E-state index < -0.39 is 11.8 Å². The molecule has 2 aromatic carbocycles. The SMILES string of the molecule is Cc1cc(C)c(NC(=O)Nc2c(F)cccc2Cl)c(Cl)c1. The van der Waals surface area contributed by atoms with Gasteiger partial charge in [-0.1, -0.05) is 35.3 Å². The van der Waals surface area contributed by atoms with E-state index in [4.69, 9.17) is 23.2 Å². The lowest BCUT2D eigenvalue weighted by Crippen LogP contribution is -2.21. The molecule has 110 valence electrons. The summed E-state index contributed by atoms with van der Waals surface area (Å²) in [5, 5.41) is 5.52. The molecule has 2 rings (SSSR count). The number of anilines is 2. The number of carbonyl (C=O) groups is 1. The topological polar surface area (TPSA) is 41.1 Å². The van der Waals surface area contributed by atoms with E-state index in [1.165, 1.54) is 18.2 Å². The molecule has 0 atom stereocenters. The van der Waals surface area contributed by atoms with E-state index in [-0.39, 0.29) is 10.7 Å². The Hall–Kier alpha value is -1.78. The average Bonchev–Trinajstić information content (AvgIpc) is 2.38. The van der Waals surface area contributed by atoms with Crippen molar-refractivity contribution in [3.05, 3.63) is 57.3 Å². The van der Waals surface area contributed by atoms with Crippen molar-refractivity contribution in [3.63, 3.8) is 0 Å². The molecule has 2 amide bonds. The largest absolute Gasteiger partial charge is 0.323 e. The monoisotopic (exact) mass is 326 g/mol. The van der Waals surface area contributed by atoms with Gasteiger partial charge in [-0.3, -0.25) is 0 Å². The summed E-state index contributed by atoms with van der Waals surface area (Å²) in [6.45, 7) is 3.73. The summed E-state index contributed by atoms with van der Waals surface area (Å²) >= 11 is 12.0. The fraction of sp³-hybridized carbons (Fsp3) is 0.133. The number of para-hydroxylation sites is 1. The van der Waals surface area contributed by atoms with Gasteiger partial charge in [-0.05, 0) is 43.2 Å². The molecular formula is C15H13Cl2FN2O. The van der Waals surface area contributed by atoms with E-state index in [2.05, 4.69) is 10.6 Å². The summed E-state index contributed by atoms with van der Waals surface area (Å²) in [7, 11) is 0. The molecule has 2 N–H and O–H groups in total. The molecule has 0 unspecified atom stereocenters. The first-order chi connectivity index (χ1) is 9.88. The zero-order valence-electron chi connectivity index (χ0n) is 11.4. The van der Waals surface area contributed by atoms with Gasteiger partial charge < -0.3 is 10.6 Å². The minimum Gasteiger partial charge on any atom is -0.306 e. The fourth-order valence-electron chi connectivity index (χ4n) is 1.95. The van der Waals surface area contributed by atoms with Crippen molar-refractivity contribution >= 4 is 40.6 Å². The van der Waals surface area contributed by atoms with Gasteiger partial charge in [-0.2, -0.15) is 0 Å². The lowest BCUT2D eigenvalue weighted by Gasteiger charge is -2.13. The second kappa shape index (κ2) is 6.33. The highest BCUT2D eigenvalue weighted by molar-refractivity contribution is 6.35. The molecule has 3 nitrogen and oxygen atoms in total. The molecule has 0 aromatic heterocycles. The van der Waals surface area contributed by atoms with Gasteiger partial charge >= 0.3 is 6.03 Å². The molecule has 0 saturated carbocycles. The van der Waals surface area contributed by atoms with Gasteiger partial charge in [0, 0.05) is 0 Å². The van der Waals surface area contributed by atoms with E-state index in [0.717, 1.165) is 11.1 Å². The maximum atomic E-state index is 13.6. The van der Waals surface area contributed by atoms with Crippen molar-refractivity contribution < 1.29 is 9.18 Å². The number of benzene rings is 2. The van der Waals surface area contributed by atoms with Crippen molar-refractivity contribution in [2.24, 2.45) is 0 Å². The number of hydrogen-bond acceptors (Lipinski definition) is 1. The van der Waals surface area contributed by atoms with Crippen LogP contribution < -0.4 is 10.6 Å². The highest BCUT2D eigenvalue weighted by Gasteiger charge is 2.13. The molecule has 0 aliphatic rings. The Kier molecular flexibility index (Phi) is 4.70. The summed E-state index contributed by atoms with van der Waals surface area (Å²) in [6, 6.07) is 7.17. The lowest BCUT2D eigenvalue weighted by atomic mass is 10.1. The zero-order valence-corrected chi connectivity index (χ0v) is 12.9. The predicted molar refractivity (Wildman–Crippen MR) is 85.0 cm³/mol. The van der Waals surface area contributed by atoms with Crippen LogP contribution >= 0.6 is 23.2 Å². The molecule has 21 heavy (non-hydrogen) atoms. The second-order valence-corrected chi connectivity index (χ2v) is 5.43. The molecule has 0 radical (unpaired) electrons. The molecule has 6 heteroatoms. The maximum Gasteiger partial charge on any atom is 0.323 e. The number of carbonyl (C=O) groups excluding carboxylic acids is 1. The first-order valence-corrected chi connectivity index (χ1v) is 6.93. The van der Waals surface area contributed by atoms with Crippen molar-refractivity contribution in [2.45, 2.75) is 13.8 Å². The molecule has 2 aromatic rings. The van der Waals surface area contributed by atoms with Crippen LogP contribution in [0, 0.1) is 19.7 Å². The van der Waals surface area contributed by atoms with Gasteiger partial charge in [0.25, 0.3) is 0 Å². The summed E-state index contributed by atoms with van der Waals surface area (Å²) in [4.78, 5) is 12.0. The van der Waals surface area contributed by atoms with Crippen LogP contribution in [-0.4, -0.2) is 6.03 Å². The van der Waals surface area contributed by atoms with Crippen LogP contribution in [0.2, 0.25) is 10.0 Å². The Bertz CT molecular complexity index is 661. The average molecular weight is 327 g/mol. The van der Waals surface area contributed by atoms with Crippen molar-refractivity contribution in [1.82, 2.24) is 0 Å². The van der Waals surface area contributed by atoms with Crippen LogP contribution in [0.25, 0.3) is 0 Å².